The molecule has 6 nitrogen and oxygen atoms in total. The lowest BCUT2D eigenvalue weighted by molar-refractivity contribution is 0.0915. The summed E-state index contributed by atoms with van der Waals surface area (Å²) >= 11 is 6.92. The lowest BCUT2D eigenvalue weighted by Gasteiger charge is -2.36. The van der Waals surface area contributed by atoms with Gasteiger partial charge in [-0.3, -0.25) is 19.1 Å². The van der Waals surface area contributed by atoms with Crippen LogP contribution >= 0.6 is 23.6 Å². The number of carbonyl (C=O) groups is 1. The smallest absolute Gasteiger partial charge is 0.261 e. The summed E-state index contributed by atoms with van der Waals surface area (Å²) in [7, 11) is 1.63. The highest BCUT2D eigenvalue weighted by atomic mass is 32.1. The zero-order valence-corrected chi connectivity index (χ0v) is 18.8. The molecule has 1 atom stereocenters. The quantitative estimate of drug-likeness (QED) is 0.589. The van der Waals surface area contributed by atoms with E-state index < -0.39 is 0 Å². The van der Waals surface area contributed by atoms with Crippen LogP contribution in [0.4, 0.5) is 0 Å². The molecule has 8 heteroatoms. The molecule has 1 aromatic carbocycles. The molecule has 0 bridgehead atoms. The summed E-state index contributed by atoms with van der Waals surface area (Å²) in [6.45, 7) is 4.96. The zero-order chi connectivity index (χ0) is 21.3. The SMILES string of the molecule is CC1CCN(C(CNC(=O)c2ccc3c(=O)n(C)c(=S)[nH]c3c2)c2cccs2)CC1. The molecule has 1 aliphatic heterocycles. The van der Waals surface area contributed by atoms with Crippen molar-refractivity contribution in [3.8, 4) is 0 Å². The first-order valence-electron chi connectivity index (χ1n) is 10.2. The van der Waals surface area contributed by atoms with Crippen LogP contribution in [-0.4, -0.2) is 40.0 Å². The third kappa shape index (κ3) is 4.26. The maximum atomic E-state index is 12.9. The Balaban J connectivity index is 1.53. The van der Waals surface area contributed by atoms with Gasteiger partial charge in [0.25, 0.3) is 11.5 Å². The van der Waals surface area contributed by atoms with E-state index in [4.69, 9.17) is 12.2 Å². The number of rotatable bonds is 5. The molecule has 2 aromatic heterocycles. The highest BCUT2D eigenvalue weighted by Crippen LogP contribution is 2.29. The molecular formula is C22H26N4O2S2. The molecule has 1 fully saturated rings. The Morgan fingerprint density at radius 2 is 2.10 bits per heavy atom. The lowest BCUT2D eigenvalue weighted by atomic mass is 9.97. The van der Waals surface area contributed by atoms with Crippen LogP contribution in [0.2, 0.25) is 0 Å². The molecule has 1 saturated heterocycles. The van der Waals surface area contributed by atoms with Crippen molar-refractivity contribution >= 4 is 40.4 Å². The predicted molar refractivity (Wildman–Crippen MR) is 124 cm³/mol. The number of aromatic nitrogens is 2. The second-order valence-corrected chi connectivity index (χ2v) is 9.38. The van der Waals surface area contributed by atoms with Crippen LogP contribution in [0, 0.1) is 10.7 Å². The number of aromatic amines is 1. The Morgan fingerprint density at radius 3 is 2.80 bits per heavy atom. The number of fused-ring (bicyclic) bond motifs is 1. The summed E-state index contributed by atoms with van der Waals surface area (Å²) in [4.78, 5) is 32.0. The van der Waals surface area contributed by atoms with Crippen molar-refractivity contribution in [2.24, 2.45) is 13.0 Å². The van der Waals surface area contributed by atoms with E-state index in [0.29, 0.717) is 27.8 Å². The first kappa shape index (κ1) is 21.0. The van der Waals surface area contributed by atoms with Crippen LogP contribution in [-0.2, 0) is 7.05 Å². The number of hydrogen-bond donors (Lipinski definition) is 2. The highest BCUT2D eigenvalue weighted by Gasteiger charge is 2.26. The third-order valence-corrected chi connectivity index (χ3v) is 7.30. The van der Waals surface area contributed by atoms with E-state index >= 15 is 0 Å². The van der Waals surface area contributed by atoms with E-state index in [1.807, 2.05) is 0 Å². The van der Waals surface area contributed by atoms with Crippen LogP contribution < -0.4 is 10.9 Å². The van der Waals surface area contributed by atoms with E-state index in [0.717, 1.165) is 19.0 Å². The van der Waals surface area contributed by atoms with E-state index in [-0.39, 0.29) is 17.5 Å². The Labute approximate surface area is 184 Å². The fourth-order valence-electron chi connectivity index (χ4n) is 3.97. The van der Waals surface area contributed by atoms with Crippen LogP contribution in [0.5, 0.6) is 0 Å². The summed E-state index contributed by atoms with van der Waals surface area (Å²) in [6, 6.07) is 9.46. The Kier molecular flexibility index (Phi) is 6.17. The highest BCUT2D eigenvalue weighted by molar-refractivity contribution is 7.71. The second-order valence-electron chi connectivity index (χ2n) is 8.01. The maximum absolute atomic E-state index is 12.9. The molecule has 0 saturated carbocycles. The summed E-state index contributed by atoms with van der Waals surface area (Å²) < 4.78 is 1.73. The van der Waals surface area contributed by atoms with Crippen molar-refractivity contribution in [3.05, 3.63) is 61.3 Å². The van der Waals surface area contributed by atoms with Crippen molar-refractivity contribution in [1.82, 2.24) is 19.8 Å². The van der Waals surface area contributed by atoms with Gasteiger partial charge in [-0.05, 0) is 73.7 Å². The van der Waals surface area contributed by atoms with Gasteiger partial charge in [-0.1, -0.05) is 13.0 Å². The zero-order valence-electron chi connectivity index (χ0n) is 17.2. The summed E-state index contributed by atoms with van der Waals surface area (Å²) in [5.41, 5.74) is 0.923. The van der Waals surface area contributed by atoms with Crippen molar-refractivity contribution in [2.75, 3.05) is 19.6 Å². The normalized spacial score (nSPS) is 16.6. The van der Waals surface area contributed by atoms with Gasteiger partial charge in [-0.15, -0.1) is 11.3 Å². The molecule has 1 unspecified atom stereocenters. The fourth-order valence-corrected chi connectivity index (χ4v) is 5.02. The van der Waals surface area contributed by atoms with Gasteiger partial charge in [0, 0.05) is 24.0 Å². The molecule has 0 aliphatic carbocycles. The minimum Gasteiger partial charge on any atom is -0.350 e. The monoisotopic (exact) mass is 442 g/mol. The van der Waals surface area contributed by atoms with Crippen molar-refractivity contribution in [2.45, 2.75) is 25.8 Å². The fraction of sp³-hybridized carbons (Fsp3) is 0.409. The molecule has 3 aromatic rings. The Morgan fingerprint density at radius 1 is 1.33 bits per heavy atom. The first-order valence-corrected chi connectivity index (χ1v) is 11.5. The summed E-state index contributed by atoms with van der Waals surface area (Å²) in [5, 5.41) is 5.71. The van der Waals surface area contributed by atoms with Gasteiger partial charge in [0.1, 0.15) is 0 Å². The molecule has 2 N–H and O–H groups in total. The number of nitrogens with zero attached hydrogens (tertiary/aromatic N) is 2. The van der Waals surface area contributed by atoms with Gasteiger partial charge in [0.05, 0.1) is 16.9 Å². The number of H-pyrrole nitrogens is 1. The molecule has 3 heterocycles. The second kappa shape index (κ2) is 8.83. The van der Waals surface area contributed by atoms with E-state index in [9.17, 15) is 9.59 Å². The average molecular weight is 443 g/mol. The number of carbonyl (C=O) groups excluding carboxylic acids is 1. The number of likely N-dealkylation sites (tertiary alicyclic amines) is 1. The number of benzene rings is 1. The number of hydrogen-bond acceptors (Lipinski definition) is 5. The van der Waals surface area contributed by atoms with E-state index in [1.54, 1.807) is 36.6 Å². The van der Waals surface area contributed by atoms with Crippen LogP contribution in [0.25, 0.3) is 10.9 Å². The Hall–Kier alpha value is -2.29. The first-order chi connectivity index (χ1) is 14.4. The van der Waals surface area contributed by atoms with Gasteiger partial charge in [-0.2, -0.15) is 0 Å². The van der Waals surface area contributed by atoms with Crippen molar-refractivity contribution < 1.29 is 4.79 Å². The van der Waals surface area contributed by atoms with Crippen LogP contribution in [0.1, 0.15) is 41.0 Å². The maximum Gasteiger partial charge on any atom is 0.261 e. The summed E-state index contributed by atoms with van der Waals surface area (Å²) in [6.07, 6.45) is 2.38. The average Bonchev–Trinajstić information content (AvgIpc) is 3.27. The van der Waals surface area contributed by atoms with Gasteiger partial charge in [-0.25, -0.2) is 0 Å². The van der Waals surface area contributed by atoms with E-state index in [2.05, 4.69) is 39.6 Å². The molecule has 4 rings (SSSR count). The minimum atomic E-state index is -0.169. The van der Waals surface area contributed by atoms with Gasteiger partial charge in [0.15, 0.2) is 4.77 Å². The summed E-state index contributed by atoms with van der Waals surface area (Å²) in [5.74, 6) is 0.611. The topological polar surface area (TPSA) is 70.1 Å². The molecule has 30 heavy (non-hydrogen) atoms. The number of nitrogens with one attached hydrogen (secondary N) is 2. The Bertz CT molecular complexity index is 1160. The largest absolute Gasteiger partial charge is 0.350 e. The number of thiophene rings is 1. The van der Waals surface area contributed by atoms with E-state index in [1.165, 1.54) is 22.3 Å². The number of amides is 1. The molecule has 1 amide bonds. The van der Waals surface area contributed by atoms with Gasteiger partial charge in [0.2, 0.25) is 0 Å². The van der Waals surface area contributed by atoms with Crippen LogP contribution in [0.3, 0.4) is 0 Å². The minimum absolute atomic E-state index is 0.149. The third-order valence-electron chi connectivity index (χ3n) is 5.95. The van der Waals surface area contributed by atoms with Crippen LogP contribution in [0.15, 0.2) is 40.5 Å². The number of piperidine rings is 1. The molecular weight excluding hydrogens is 416 g/mol. The molecule has 0 radical (unpaired) electrons. The lowest BCUT2D eigenvalue weighted by Crippen LogP contribution is -2.41. The molecule has 158 valence electrons. The standard InChI is InChI=1S/C22H26N4O2S2/c1-14-7-9-26(10-8-14)18(19-4-3-11-30-19)13-23-20(27)15-5-6-16-17(12-15)24-22(29)25(2)21(16)28/h3-6,11-12,14,18H,7-10,13H2,1-2H3,(H,23,27)(H,24,29). The van der Waals surface area contributed by atoms with Crippen molar-refractivity contribution in [3.63, 3.8) is 0 Å². The predicted octanol–water partition coefficient (Wildman–Crippen LogP) is 3.86. The molecule has 1 aliphatic rings. The van der Waals surface area contributed by atoms with Gasteiger partial charge >= 0.3 is 0 Å². The van der Waals surface area contributed by atoms with Gasteiger partial charge < -0.3 is 10.3 Å². The molecule has 0 spiro atoms. The van der Waals surface area contributed by atoms with Crippen molar-refractivity contribution in [1.29, 1.82) is 0 Å².